The van der Waals surface area contributed by atoms with Crippen LogP contribution < -0.4 is 11.1 Å². The fourth-order valence-corrected chi connectivity index (χ4v) is 1.99. The van der Waals surface area contributed by atoms with E-state index in [9.17, 15) is 9.90 Å². The molecule has 1 fully saturated rings. The van der Waals surface area contributed by atoms with Gasteiger partial charge in [0.1, 0.15) is 0 Å². The third-order valence-electron chi connectivity index (χ3n) is 3.46. The smallest absolute Gasteiger partial charge is 0.227 e. The van der Waals surface area contributed by atoms with Crippen molar-refractivity contribution in [2.75, 3.05) is 12.3 Å². The van der Waals surface area contributed by atoms with Crippen LogP contribution in [0.1, 0.15) is 31.2 Å². The number of nitrogen functional groups attached to an aromatic ring is 1. The van der Waals surface area contributed by atoms with Crippen molar-refractivity contribution in [3.63, 3.8) is 0 Å². The highest BCUT2D eigenvalue weighted by molar-refractivity contribution is 5.83. The minimum atomic E-state index is -0.401. The van der Waals surface area contributed by atoms with E-state index in [4.69, 9.17) is 5.73 Å². The van der Waals surface area contributed by atoms with Crippen molar-refractivity contribution in [2.45, 2.75) is 31.8 Å². The average Bonchev–Trinajstić information content (AvgIpc) is 3.18. The summed E-state index contributed by atoms with van der Waals surface area (Å²) >= 11 is 0. The fourth-order valence-electron chi connectivity index (χ4n) is 1.99. The molecule has 0 saturated heterocycles. The van der Waals surface area contributed by atoms with Crippen LogP contribution in [0.15, 0.2) is 24.3 Å². The van der Waals surface area contributed by atoms with E-state index >= 15 is 0 Å². The number of hydrogen-bond acceptors (Lipinski definition) is 3. The number of nitrogens with one attached hydrogen (secondary N) is 1. The number of carbonyl (C=O) groups excluding carboxylic acids is 1. The normalized spacial score (nSPS) is 18.1. The van der Waals surface area contributed by atoms with Gasteiger partial charge in [0.25, 0.3) is 0 Å². The molecule has 1 aliphatic rings. The lowest BCUT2D eigenvalue weighted by Gasteiger charge is -2.15. The molecule has 0 radical (unpaired) electrons. The highest BCUT2D eigenvalue weighted by Gasteiger charge is 2.30. The van der Waals surface area contributed by atoms with Crippen LogP contribution in [-0.2, 0) is 4.79 Å². The van der Waals surface area contributed by atoms with Crippen LogP contribution in [0.25, 0.3) is 0 Å². The summed E-state index contributed by atoms with van der Waals surface area (Å²) in [5.41, 5.74) is 7.25. The van der Waals surface area contributed by atoms with Gasteiger partial charge < -0.3 is 16.2 Å². The Bertz CT molecular complexity index is 430. The van der Waals surface area contributed by atoms with Gasteiger partial charge in [-0.15, -0.1) is 0 Å². The Morgan fingerprint density at radius 1 is 1.56 bits per heavy atom. The third-order valence-corrected chi connectivity index (χ3v) is 3.46. The Morgan fingerprint density at radius 2 is 2.28 bits per heavy atom. The number of aliphatic hydroxyl groups is 1. The molecule has 2 atom stereocenters. The van der Waals surface area contributed by atoms with Gasteiger partial charge in [-0.05, 0) is 43.4 Å². The second-order valence-electron chi connectivity index (χ2n) is 5.04. The minimum Gasteiger partial charge on any atom is -0.399 e. The maximum Gasteiger partial charge on any atom is 0.227 e. The Hall–Kier alpha value is -1.55. The first-order valence-electron chi connectivity index (χ1n) is 6.39. The van der Waals surface area contributed by atoms with Crippen LogP contribution >= 0.6 is 0 Å². The number of benzene rings is 1. The monoisotopic (exact) mass is 248 g/mol. The number of anilines is 1. The predicted molar refractivity (Wildman–Crippen MR) is 71.0 cm³/mol. The van der Waals surface area contributed by atoms with Gasteiger partial charge >= 0.3 is 0 Å². The maximum absolute atomic E-state index is 11.9. The Morgan fingerprint density at radius 3 is 2.89 bits per heavy atom. The van der Waals surface area contributed by atoms with E-state index in [0.717, 1.165) is 18.4 Å². The van der Waals surface area contributed by atoms with Gasteiger partial charge in [-0.1, -0.05) is 12.1 Å². The lowest BCUT2D eigenvalue weighted by molar-refractivity contribution is -0.122. The number of aliphatic hydroxyl groups excluding tert-OH is 1. The summed E-state index contributed by atoms with van der Waals surface area (Å²) in [4.78, 5) is 11.9. The third kappa shape index (κ3) is 3.23. The first kappa shape index (κ1) is 12.9. The fraction of sp³-hybridized carbons (Fsp3) is 0.500. The summed E-state index contributed by atoms with van der Waals surface area (Å²) in [6.45, 7) is 2.18. The topological polar surface area (TPSA) is 75.3 Å². The van der Waals surface area contributed by atoms with Crippen molar-refractivity contribution in [1.29, 1.82) is 0 Å². The van der Waals surface area contributed by atoms with Crippen LogP contribution in [0.3, 0.4) is 0 Å². The second kappa shape index (κ2) is 5.40. The highest BCUT2D eigenvalue weighted by Crippen LogP contribution is 2.32. The van der Waals surface area contributed by atoms with E-state index in [-0.39, 0.29) is 11.8 Å². The molecule has 1 saturated carbocycles. The lowest BCUT2D eigenvalue weighted by Crippen LogP contribution is -2.35. The molecule has 1 amide bonds. The largest absolute Gasteiger partial charge is 0.399 e. The molecule has 4 nitrogen and oxygen atoms in total. The number of amides is 1. The molecule has 0 bridgehead atoms. The zero-order chi connectivity index (χ0) is 13.1. The Kier molecular flexibility index (Phi) is 3.87. The Labute approximate surface area is 107 Å². The van der Waals surface area contributed by atoms with E-state index in [0.29, 0.717) is 18.2 Å². The van der Waals surface area contributed by atoms with Gasteiger partial charge in [0.15, 0.2) is 0 Å². The molecule has 18 heavy (non-hydrogen) atoms. The average molecular weight is 248 g/mol. The van der Waals surface area contributed by atoms with Crippen LogP contribution in [0.2, 0.25) is 0 Å². The maximum atomic E-state index is 11.9. The van der Waals surface area contributed by atoms with Gasteiger partial charge in [0, 0.05) is 12.2 Å². The van der Waals surface area contributed by atoms with Gasteiger partial charge in [-0.25, -0.2) is 0 Å². The van der Waals surface area contributed by atoms with E-state index in [1.807, 2.05) is 25.1 Å². The molecule has 2 rings (SSSR count). The predicted octanol–water partition coefficient (Wildman–Crippen LogP) is 1.26. The summed E-state index contributed by atoms with van der Waals surface area (Å²) in [5, 5.41) is 12.5. The molecule has 4 N–H and O–H groups in total. The quantitative estimate of drug-likeness (QED) is 0.687. The molecule has 0 spiro atoms. The van der Waals surface area contributed by atoms with Gasteiger partial charge in [-0.2, -0.15) is 0 Å². The number of hydrogen-bond donors (Lipinski definition) is 3. The first-order valence-corrected chi connectivity index (χ1v) is 6.39. The number of carbonyl (C=O) groups is 1. The van der Waals surface area contributed by atoms with Crippen molar-refractivity contribution in [3.8, 4) is 0 Å². The Balaban J connectivity index is 1.87. The van der Waals surface area contributed by atoms with Gasteiger partial charge in [0.2, 0.25) is 5.91 Å². The number of rotatable bonds is 5. The van der Waals surface area contributed by atoms with Crippen LogP contribution in [-0.4, -0.2) is 23.7 Å². The molecule has 1 aliphatic carbocycles. The van der Waals surface area contributed by atoms with Crippen LogP contribution in [0.5, 0.6) is 0 Å². The van der Waals surface area contributed by atoms with E-state index in [1.54, 1.807) is 6.07 Å². The van der Waals surface area contributed by atoms with E-state index in [2.05, 4.69) is 5.32 Å². The molecule has 4 heteroatoms. The molecule has 0 aliphatic heterocycles. The van der Waals surface area contributed by atoms with Gasteiger partial charge in [-0.3, -0.25) is 4.79 Å². The molecule has 98 valence electrons. The van der Waals surface area contributed by atoms with Crippen molar-refractivity contribution < 1.29 is 9.90 Å². The molecule has 2 unspecified atom stereocenters. The van der Waals surface area contributed by atoms with Crippen molar-refractivity contribution in [1.82, 2.24) is 5.32 Å². The van der Waals surface area contributed by atoms with E-state index in [1.165, 1.54) is 0 Å². The van der Waals surface area contributed by atoms with Gasteiger partial charge in [0.05, 0.1) is 12.0 Å². The van der Waals surface area contributed by atoms with Crippen molar-refractivity contribution in [3.05, 3.63) is 29.8 Å². The number of nitrogens with two attached hydrogens (primary N) is 1. The second-order valence-corrected chi connectivity index (χ2v) is 5.04. The van der Waals surface area contributed by atoms with Crippen LogP contribution in [0.4, 0.5) is 5.69 Å². The molecular weight excluding hydrogens is 228 g/mol. The molecule has 0 heterocycles. The summed E-state index contributed by atoms with van der Waals surface area (Å²) in [7, 11) is 0. The standard InChI is InChI=1S/C14H20N2O2/c1-9(11-3-2-4-12(15)7-11)14(18)16-8-13(17)10-5-6-10/h2-4,7,9-10,13,17H,5-6,8,15H2,1H3,(H,16,18). The first-order chi connectivity index (χ1) is 8.58. The zero-order valence-corrected chi connectivity index (χ0v) is 10.6. The molecule has 1 aromatic carbocycles. The summed E-state index contributed by atoms with van der Waals surface area (Å²) in [6.07, 6.45) is 1.74. The zero-order valence-electron chi connectivity index (χ0n) is 10.6. The molecule has 0 aromatic heterocycles. The van der Waals surface area contributed by atoms with Crippen molar-refractivity contribution in [2.24, 2.45) is 5.92 Å². The molecule has 1 aromatic rings. The summed E-state index contributed by atoms with van der Waals surface area (Å²) in [6, 6.07) is 7.33. The summed E-state index contributed by atoms with van der Waals surface area (Å²) in [5.74, 6) is 0.0631. The minimum absolute atomic E-state index is 0.0692. The van der Waals surface area contributed by atoms with E-state index < -0.39 is 6.10 Å². The highest BCUT2D eigenvalue weighted by atomic mass is 16.3. The SMILES string of the molecule is CC(C(=O)NCC(O)C1CC1)c1cccc(N)c1. The van der Waals surface area contributed by atoms with Crippen LogP contribution in [0, 0.1) is 5.92 Å². The lowest BCUT2D eigenvalue weighted by atomic mass is 10.00. The summed E-state index contributed by atoms with van der Waals surface area (Å²) < 4.78 is 0. The van der Waals surface area contributed by atoms with Crippen molar-refractivity contribution >= 4 is 11.6 Å². The molecular formula is C14H20N2O2.